The quantitative estimate of drug-likeness (QED) is 0.766. The van der Waals surface area contributed by atoms with Gasteiger partial charge in [0.1, 0.15) is 6.54 Å². The minimum atomic E-state index is -3.08. The first-order chi connectivity index (χ1) is 9.01. The van der Waals surface area contributed by atoms with Gasteiger partial charge in [-0.25, -0.2) is 0 Å². The Hall–Kier alpha value is -2.36. The Labute approximate surface area is 108 Å². The molecular weight excluding hydrogens is 258 g/mol. The highest BCUT2D eigenvalue weighted by atomic mass is 19.3. The molecule has 0 aliphatic rings. The van der Waals surface area contributed by atoms with Crippen molar-refractivity contribution in [1.82, 2.24) is 4.90 Å². The number of carbonyl (C=O) groups is 1. The molecule has 0 heterocycles. The molecule has 0 bridgehead atoms. The van der Waals surface area contributed by atoms with E-state index < -0.39 is 12.5 Å². The lowest BCUT2D eigenvalue weighted by atomic mass is 10.1. The van der Waals surface area contributed by atoms with Crippen LogP contribution in [-0.4, -0.2) is 38.1 Å². The van der Waals surface area contributed by atoms with Gasteiger partial charge in [0.05, 0.1) is 18.7 Å². The number of nitrogens with zero attached hydrogens (tertiary/aromatic N) is 2. The third-order valence-corrected chi connectivity index (χ3v) is 2.29. The summed E-state index contributed by atoms with van der Waals surface area (Å²) in [6, 6.07) is 6.00. The van der Waals surface area contributed by atoms with Crippen molar-refractivity contribution in [2.45, 2.75) is 6.61 Å². The molecule has 1 aromatic rings. The Morgan fingerprint density at radius 2 is 2.21 bits per heavy atom. The molecule has 0 saturated carbocycles. The average molecular weight is 270 g/mol. The van der Waals surface area contributed by atoms with Crippen molar-refractivity contribution >= 4 is 5.91 Å². The third kappa shape index (κ3) is 3.55. The molecule has 0 aliphatic carbocycles. The summed E-state index contributed by atoms with van der Waals surface area (Å²) in [6.45, 7) is -3.24. The van der Waals surface area contributed by atoms with Crippen LogP contribution in [0.15, 0.2) is 18.2 Å². The first-order valence-corrected chi connectivity index (χ1v) is 5.25. The molecule has 1 amide bonds. The van der Waals surface area contributed by atoms with Gasteiger partial charge in [-0.2, -0.15) is 14.0 Å². The number of halogens is 2. The standard InChI is InChI=1S/C12H12F2N2O3/c1-16(7-6-15)11(17)8-4-3-5-9(18-2)10(8)19-12(13)14/h3-5,12H,7H2,1-2H3. The first-order valence-electron chi connectivity index (χ1n) is 5.25. The molecule has 1 aromatic carbocycles. The Kier molecular flexibility index (Phi) is 5.06. The Morgan fingerprint density at radius 3 is 2.74 bits per heavy atom. The maximum atomic E-state index is 12.4. The number of nitriles is 1. The van der Waals surface area contributed by atoms with E-state index in [4.69, 9.17) is 10.00 Å². The van der Waals surface area contributed by atoms with Crippen molar-refractivity contribution in [2.75, 3.05) is 20.7 Å². The fraction of sp³-hybridized carbons (Fsp3) is 0.333. The van der Waals surface area contributed by atoms with Gasteiger partial charge in [-0.3, -0.25) is 4.79 Å². The van der Waals surface area contributed by atoms with Gasteiger partial charge in [-0.15, -0.1) is 0 Å². The van der Waals surface area contributed by atoms with Crippen molar-refractivity contribution in [2.24, 2.45) is 0 Å². The summed E-state index contributed by atoms with van der Waals surface area (Å²) < 4.78 is 34.0. The van der Waals surface area contributed by atoms with Crippen molar-refractivity contribution in [1.29, 1.82) is 5.26 Å². The van der Waals surface area contributed by atoms with Crippen LogP contribution in [0.25, 0.3) is 0 Å². The molecular formula is C12H12F2N2O3. The van der Waals surface area contributed by atoms with Crippen LogP contribution in [0.3, 0.4) is 0 Å². The van der Waals surface area contributed by atoms with Crippen LogP contribution in [0.2, 0.25) is 0 Å². The van der Waals surface area contributed by atoms with E-state index in [0.717, 1.165) is 4.90 Å². The van der Waals surface area contributed by atoms with Crippen molar-refractivity contribution in [3.8, 4) is 17.6 Å². The fourth-order valence-corrected chi connectivity index (χ4v) is 1.44. The number of benzene rings is 1. The number of hydrogen-bond donors (Lipinski definition) is 0. The normalized spacial score (nSPS) is 9.89. The van der Waals surface area contributed by atoms with Crippen LogP contribution >= 0.6 is 0 Å². The molecule has 102 valence electrons. The largest absolute Gasteiger partial charge is 0.493 e. The maximum absolute atomic E-state index is 12.4. The zero-order chi connectivity index (χ0) is 14.4. The Bertz CT molecular complexity index is 500. The lowest BCUT2D eigenvalue weighted by molar-refractivity contribution is -0.0516. The van der Waals surface area contributed by atoms with Crippen LogP contribution < -0.4 is 9.47 Å². The van der Waals surface area contributed by atoms with Crippen LogP contribution in [-0.2, 0) is 0 Å². The maximum Gasteiger partial charge on any atom is 0.387 e. The summed E-state index contributed by atoms with van der Waals surface area (Å²) >= 11 is 0. The summed E-state index contributed by atoms with van der Waals surface area (Å²) in [6.07, 6.45) is 0. The number of carbonyl (C=O) groups excluding carboxylic acids is 1. The van der Waals surface area contributed by atoms with E-state index >= 15 is 0 Å². The van der Waals surface area contributed by atoms with Crippen LogP contribution in [0.1, 0.15) is 10.4 Å². The van der Waals surface area contributed by atoms with Gasteiger partial charge in [0.15, 0.2) is 11.5 Å². The van der Waals surface area contributed by atoms with E-state index in [0.29, 0.717) is 0 Å². The smallest absolute Gasteiger partial charge is 0.387 e. The molecule has 0 radical (unpaired) electrons. The number of hydrogen-bond acceptors (Lipinski definition) is 4. The van der Waals surface area contributed by atoms with Gasteiger partial charge >= 0.3 is 6.61 Å². The zero-order valence-corrected chi connectivity index (χ0v) is 10.4. The third-order valence-electron chi connectivity index (χ3n) is 2.29. The molecule has 5 nitrogen and oxygen atoms in total. The Morgan fingerprint density at radius 1 is 1.53 bits per heavy atom. The summed E-state index contributed by atoms with van der Waals surface area (Å²) in [7, 11) is 2.66. The number of ether oxygens (including phenoxy) is 2. The minimum absolute atomic E-state index is 0.0245. The second kappa shape index (κ2) is 6.54. The van der Waals surface area contributed by atoms with Gasteiger partial charge in [-0.1, -0.05) is 6.07 Å². The SMILES string of the molecule is COc1cccc(C(=O)N(C)CC#N)c1OC(F)F. The molecule has 0 fully saturated rings. The lowest BCUT2D eigenvalue weighted by Crippen LogP contribution is -2.27. The number of para-hydroxylation sites is 1. The van der Waals surface area contributed by atoms with Crippen molar-refractivity contribution in [3.63, 3.8) is 0 Å². The number of amides is 1. The summed E-state index contributed by atoms with van der Waals surface area (Å²) in [5.41, 5.74) is -0.0857. The zero-order valence-electron chi connectivity index (χ0n) is 10.4. The number of alkyl halides is 2. The predicted octanol–water partition coefficient (Wildman–Crippen LogP) is 1.89. The monoisotopic (exact) mass is 270 g/mol. The predicted molar refractivity (Wildman–Crippen MR) is 62.2 cm³/mol. The van der Waals surface area contributed by atoms with E-state index in [1.807, 2.05) is 0 Å². The summed E-state index contributed by atoms with van der Waals surface area (Å²) in [4.78, 5) is 13.1. The Balaban J connectivity index is 3.19. The molecule has 0 atom stereocenters. The highest BCUT2D eigenvalue weighted by molar-refractivity contribution is 5.97. The van der Waals surface area contributed by atoms with Gasteiger partial charge in [-0.05, 0) is 12.1 Å². The first kappa shape index (κ1) is 14.7. The number of methoxy groups -OCH3 is 1. The molecule has 0 N–H and O–H groups in total. The van der Waals surface area contributed by atoms with Crippen LogP contribution in [0.4, 0.5) is 8.78 Å². The van der Waals surface area contributed by atoms with Gasteiger partial charge in [0.2, 0.25) is 0 Å². The van der Waals surface area contributed by atoms with Gasteiger partial charge in [0.25, 0.3) is 5.91 Å². The molecule has 0 unspecified atom stereocenters. The molecule has 0 aliphatic heterocycles. The second-order valence-electron chi connectivity index (χ2n) is 3.53. The molecule has 1 rings (SSSR count). The second-order valence-corrected chi connectivity index (χ2v) is 3.53. The van der Waals surface area contributed by atoms with Crippen molar-refractivity contribution < 1.29 is 23.0 Å². The van der Waals surface area contributed by atoms with E-state index in [2.05, 4.69) is 4.74 Å². The van der Waals surface area contributed by atoms with E-state index in [9.17, 15) is 13.6 Å². The van der Waals surface area contributed by atoms with Crippen LogP contribution in [0.5, 0.6) is 11.5 Å². The number of rotatable bonds is 5. The topological polar surface area (TPSA) is 62.6 Å². The average Bonchev–Trinajstić information content (AvgIpc) is 2.37. The molecule has 19 heavy (non-hydrogen) atoms. The van der Waals surface area contributed by atoms with Gasteiger partial charge in [0, 0.05) is 7.05 Å². The summed E-state index contributed by atoms with van der Waals surface area (Å²) in [5.74, 6) is -0.914. The highest BCUT2D eigenvalue weighted by Gasteiger charge is 2.22. The molecule has 0 aromatic heterocycles. The fourth-order valence-electron chi connectivity index (χ4n) is 1.44. The van der Waals surface area contributed by atoms with Crippen LogP contribution in [0, 0.1) is 11.3 Å². The lowest BCUT2D eigenvalue weighted by Gasteiger charge is -2.17. The minimum Gasteiger partial charge on any atom is -0.493 e. The van der Waals surface area contributed by atoms with E-state index in [1.54, 1.807) is 6.07 Å². The highest BCUT2D eigenvalue weighted by Crippen LogP contribution is 2.33. The molecule has 0 spiro atoms. The van der Waals surface area contributed by atoms with Crippen molar-refractivity contribution in [3.05, 3.63) is 23.8 Å². The summed E-state index contributed by atoms with van der Waals surface area (Å²) in [5, 5.41) is 8.53. The van der Waals surface area contributed by atoms with Gasteiger partial charge < -0.3 is 14.4 Å². The molecule has 7 heteroatoms. The van der Waals surface area contributed by atoms with E-state index in [-0.39, 0.29) is 23.6 Å². The van der Waals surface area contributed by atoms with E-state index in [1.165, 1.54) is 32.4 Å². The molecule has 0 saturated heterocycles.